The molecule has 0 radical (unpaired) electrons. The Bertz CT molecular complexity index is 845. The molecule has 1 aliphatic heterocycles. The van der Waals surface area contributed by atoms with E-state index in [1.165, 1.54) is 25.1 Å². The van der Waals surface area contributed by atoms with Gasteiger partial charge in [-0.05, 0) is 39.8 Å². The summed E-state index contributed by atoms with van der Waals surface area (Å²) in [6.45, 7) is 5.79. The summed E-state index contributed by atoms with van der Waals surface area (Å²) >= 11 is 0. The molecule has 1 heterocycles. The number of imide groups is 1. The maximum absolute atomic E-state index is 12.5. The lowest BCUT2D eigenvalue weighted by Crippen LogP contribution is -2.38. The van der Waals surface area contributed by atoms with Crippen LogP contribution >= 0.6 is 0 Å². The minimum Gasteiger partial charge on any atom is -0.459 e. The van der Waals surface area contributed by atoms with Crippen molar-refractivity contribution in [2.24, 2.45) is 5.73 Å². The van der Waals surface area contributed by atoms with Gasteiger partial charge in [0.25, 0.3) is 22.8 Å². The summed E-state index contributed by atoms with van der Waals surface area (Å²) < 4.78 is 31.3. The van der Waals surface area contributed by atoms with Gasteiger partial charge in [-0.1, -0.05) is 6.07 Å². The summed E-state index contributed by atoms with van der Waals surface area (Å²) in [5.41, 5.74) is 3.64. The third-order valence-electron chi connectivity index (χ3n) is 3.52. The molecule has 142 valence electrons. The molecule has 2 amide bonds. The molecule has 0 bridgehead atoms. The molecule has 9 nitrogen and oxygen atoms in total. The van der Waals surface area contributed by atoms with Crippen molar-refractivity contribution in [3.8, 4) is 0 Å². The molecular weight excluding hydrogens is 364 g/mol. The number of thiol groups is 1. The number of nitrogens with two attached hydrogens (primary N) is 1. The van der Waals surface area contributed by atoms with Crippen molar-refractivity contribution in [1.29, 1.82) is 0 Å². The van der Waals surface area contributed by atoms with E-state index < -0.39 is 46.6 Å². The molecule has 26 heavy (non-hydrogen) atoms. The van der Waals surface area contributed by atoms with Crippen LogP contribution in [0.4, 0.5) is 0 Å². The predicted octanol–water partition coefficient (Wildman–Crippen LogP) is 0.299. The summed E-state index contributed by atoms with van der Waals surface area (Å²) in [4.78, 5) is 37.6. The largest absolute Gasteiger partial charge is 0.459 e. The third kappa shape index (κ3) is 4.26. The van der Waals surface area contributed by atoms with E-state index in [1.807, 2.05) is 0 Å². The normalized spacial score (nSPS) is 16.6. The Kier molecular flexibility index (Phi) is 5.22. The smallest absolute Gasteiger partial charge is 0.326 e. The molecular formula is C16H20N2O7S. The highest BCUT2D eigenvalue weighted by Crippen LogP contribution is 2.28. The van der Waals surface area contributed by atoms with Gasteiger partial charge >= 0.3 is 5.97 Å². The highest BCUT2D eigenvalue weighted by Gasteiger charge is 2.39. The standard InChI is InChI=1S/C16H20N2O7S/c1-15(2,3)24-12(19)8-18-13(20)10-6-5-9(7-11(10)14(18)21)16(4,17)25-26(22)23/h5-7,26H,8,17H2,1-4H3. The number of ether oxygens (including phenoxy) is 1. The maximum atomic E-state index is 12.5. The Hall–Kier alpha value is -2.30. The second-order valence-electron chi connectivity index (χ2n) is 6.97. The number of hydrogen-bond acceptors (Lipinski definition) is 8. The zero-order valence-corrected chi connectivity index (χ0v) is 15.7. The Balaban J connectivity index is 2.29. The molecule has 0 fully saturated rings. The van der Waals surface area contributed by atoms with Gasteiger partial charge in [-0.15, -0.1) is 0 Å². The number of nitrogens with zero attached hydrogens (tertiary/aromatic N) is 1. The number of benzene rings is 1. The van der Waals surface area contributed by atoms with Crippen LogP contribution in [0.25, 0.3) is 0 Å². The number of carbonyl (C=O) groups is 3. The average Bonchev–Trinajstić information content (AvgIpc) is 2.69. The number of fused-ring (bicyclic) bond motifs is 1. The Labute approximate surface area is 152 Å². The molecule has 1 aliphatic rings. The molecule has 0 spiro atoms. The van der Waals surface area contributed by atoms with E-state index in [0.29, 0.717) is 0 Å². The predicted molar refractivity (Wildman–Crippen MR) is 90.6 cm³/mol. The second kappa shape index (κ2) is 6.78. The molecule has 2 rings (SSSR count). The second-order valence-corrected chi connectivity index (χ2v) is 7.59. The van der Waals surface area contributed by atoms with Crippen LogP contribution < -0.4 is 5.73 Å². The Morgan fingerprint density at radius 3 is 2.23 bits per heavy atom. The molecule has 0 saturated carbocycles. The minimum absolute atomic E-state index is 0.0115. The fraction of sp³-hybridized carbons (Fsp3) is 0.438. The van der Waals surface area contributed by atoms with Gasteiger partial charge in [0.2, 0.25) is 0 Å². The quantitative estimate of drug-likeness (QED) is 0.320. The van der Waals surface area contributed by atoms with Crippen LogP contribution in [-0.2, 0) is 30.4 Å². The zero-order valence-electron chi connectivity index (χ0n) is 14.8. The van der Waals surface area contributed by atoms with Crippen molar-refractivity contribution >= 4 is 28.8 Å². The fourth-order valence-electron chi connectivity index (χ4n) is 2.45. The zero-order chi connectivity index (χ0) is 19.9. The van der Waals surface area contributed by atoms with E-state index in [2.05, 4.69) is 4.18 Å². The number of rotatable bonds is 5. The van der Waals surface area contributed by atoms with Crippen molar-refractivity contribution in [3.05, 3.63) is 34.9 Å². The first-order valence-electron chi connectivity index (χ1n) is 7.67. The average molecular weight is 384 g/mol. The first-order valence-corrected chi connectivity index (χ1v) is 8.76. The van der Waals surface area contributed by atoms with Crippen LogP contribution in [-0.4, -0.2) is 43.2 Å². The van der Waals surface area contributed by atoms with Gasteiger partial charge in [0, 0.05) is 5.56 Å². The number of hydrogen-bond donors (Lipinski definition) is 2. The molecule has 2 N–H and O–H groups in total. The van der Waals surface area contributed by atoms with Crippen molar-refractivity contribution in [2.45, 2.75) is 39.0 Å². The molecule has 10 heteroatoms. The lowest BCUT2D eigenvalue weighted by Gasteiger charge is -2.22. The summed E-state index contributed by atoms with van der Waals surface area (Å²) in [5.74, 6) is -2.06. The summed E-state index contributed by atoms with van der Waals surface area (Å²) in [6.07, 6.45) is 0. The summed E-state index contributed by atoms with van der Waals surface area (Å²) in [6, 6.07) is 4.01. The summed E-state index contributed by atoms with van der Waals surface area (Å²) in [5, 5.41) is 0. The SMILES string of the molecule is CC(C)(C)OC(=O)CN1C(=O)c2ccc(C(C)(N)O[SH](=O)=O)cc2C1=O. The van der Waals surface area contributed by atoms with Gasteiger partial charge in [-0.3, -0.25) is 25.0 Å². The highest BCUT2D eigenvalue weighted by atomic mass is 32.2. The van der Waals surface area contributed by atoms with Gasteiger partial charge in [0.05, 0.1) is 11.1 Å². The molecule has 0 aromatic heterocycles. The van der Waals surface area contributed by atoms with Crippen LogP contribution in [0.1, 0.15) is 54.0 Å². The van der Waals surface area contributed by atoms with Crippen LogP contribution in [0.5, 0.6) is 0 Å². The first kappa shape index (κ1) is 20.0. The topological polar surface area (TPSA) is 133 Å². The molecule has 0 aliphatic carbocycles. The van der Waals surface area contributed by atoms with Crippen LogP contribution in [0.3, 0.4) is 0 Å². The number of esters is 1. The lowest BCUT2D eigenvalue weighted by molar-refractivity contribution is -0.155. The van der Waals surface area contributed by atoms with Gasteiger partial charge in [0.15, 0.2) is 5.72 Å². The highest BCUT2D eigenvalue weighted by molar-refractivity contribution is 7.67. The third-order valence-corrected chi connectivity index (χ3v) is 4.04. The van der Waals surface area contributed by atoms with Crippen LogP contribution in [0.15, 0.2) is 18.2 Å². The van der Waals surface area contributed by atoms with Gasteiger partial charge in [-0.2, -0.15) is 0 Å². The molecule has 1 aromatic rings. The van der Waals surface area contributed by atoms with Gasteiger partial charge < -0.3 is 4.74 Å². The van der Waals surface area contributed by atoms with E-state index in [9.17, 15) is 22.8 Å². The van der Waals surface area contributed by atoms with E-state index in [4.69, 9.17) is 10.5 Å². The Morgan fingerprint density at radius 2 is 1.69 bits per heavy atom. The Morgan fingerprint density at radius 1 is 1.12 bits per heavy atom. The first-order chi connectivity index (χ1) is 11.8. The van der Waals surface area contributed by atoms with Gasteiger partial charge in [0.1, 0.15) is 12.1 Å². The van der Waals surface area contributed by atoms with E-state index in [1.54, 1.807) is 20.8 Å². The molecule has 1 unspecified atom stereocenters. The molecule has 1 aromatic carbocycles. The number of carbonyl (C=O) groups excluding carboxylic acids is 3. The maximum Gasteiger partial charge on any atom is 0.326 e. The monoisotopic (exact) mass is 384 g/mol. The van der Waals surface area contributed by atoms with Crippen molar-refractivity contribution in [2.75, 3.05) is 6.54 Å². The number of amides is 2. The molecule has 1 atom stereocenters. The fourth-order valence-corrected chi connectivity index (χ4v) is 2.87. The van der Waals surface area contributed by atoms with Crippen molar-refractivity contribution in [3.63, 3.8) is 0 Å². The van der Waals surface area contributed by atoms with Crippen LogP contribution in [0.2, 0.25) is 0 Å². The minimum atomic E-state index is -3.22. The van der Waals surface area contributed by atoms with Crippen molar-refractivity contribution in [1.82, 2.24) is 4.90 Å². The van der Waals surface area contributed by atoms with E-state index in [0.717, 1.165) is 4.90 Å². The van der Waals surface area contributed by atoms with Crippen molar-refractivity contribution < 1.29 is 31.7 Å². The lowest BCUT2D eigenvalue weighted by atomic mass is 10.00. The van der Waals surface area contributed by atoms with E-state index >= 15 is 0 Å². The summed E-state index contributed by atoms with van der Waals surface area (Å²) in [7, 11) is -3.22. The molecule has 0 saturated heterocycles. The van der Waals surface area contributed by atoms with E-state index in [-0.39, 0.29) is 16.7 Å². The van der Waals surface area contributed by atoms with Gasteiger partial charge in [-0.25, -0.2) is 12.6 Å². The van der Waals surface area contributed by atoms with Crippen LogP contribution in [0, 0.1) is 0 Å².